The summed E-state index contributed by atoms with van der Waals surface area (Å²) >= 11 is 1.80. The first kappa shape index (κ1) is 22.0. The van der Waals surface area contributed by atoms with E-state index in [1.165, 1.54) is 54.2 Å². The number of aromatic nitrogens is 2. The van der Waals surface area contributed by atoms with E-state index in [0.29, 0.717) is 0 Å². The molecular weight excluding hydrogens is 468 g/mol. The molecule has 7 aromatic rings. The van der Waals surface area contributed by atoms with Crippen LogP contribution in [0.25, 0.3) is 60.1 Å². The molecule has 3 heteroatoms. The summed E-state index contributed by atoms with van der Waals surface area (Å²) < 4.78 is 3.63. The van der Waals surface area contributed by atoms with Crippen molar-refractivity contribution in [2.75, 3.05) is 0 Å². The molecule has 0 aliphatic rings. The molecule has 0 spiro atoms. The molecule has 2 aromatic heterocycles. The van der Waals surface area contributed by atoms with Crippen molar-refractivity contribution in [1.29, 1.82) is 0 Å². The summed E-state index contributed by atoms with van der Waals surface area (Å²) in [4.78, 5) is 5.19. The third kappa shape index (κ3) is 3.50. The van der Waals surface area contributed by atoms with Crippen LogP contribution in [-0.2, 0) is 0 Å². The normalized spacial score (nSPS) is 11.6. The van der Waals surface area contributed by atoms with Crippen LogP contribution in [0.4, 0.5) is 0 Å². The number of nitrogens with zero attached hydrogens (tertiary/aromatic N) is 2. The molecule has 0 saturated carbocycles. The van der Waals surface area contributed by atoms with Gasteiger partial charge in [0.15, 0.2) is 0 Å². The van der Waals surface area contributed by atoms with Crippen molar-refractivity contribution >= 4 is 43.2 Å². The van der Waals surface area contributed by atoms with Crippen LogP contribution in [-0.4, -0.2) is 9.55 Å². The van der Waals surface area contributed by atoms with Gasteiger partial charge < -0.3 is 0 Å². The Morgan fingerprint density at radius 3 is 2.24 bits per heavy atom. The van der Waals surface area contributed by atoms with E-state index in [1.807, 2.05) is 0 Å². The molecule has 0 atom stereocenters. The minimum Gasteiger partial charge on any atom is -0.292 e. The summed E-state index contributed by atoms with van der Waals surface area (Å²) in [5.74, 6) is 0.991. The Hall–Kier alpha value is -4.21. The molecule has 0 bridgehead atoms. The van der Waals surface area contributed by atoms with Crippen LogP contribution in [0.1, 0.15) is 16.7 Å². The van der Waals surface area contributed by atoms with Gasteiger partial charge in [0.2, 0.25) is 0 Å². The Bertz CT molecular complexity index is 1930. The molecule has 178 valence electrons. The number of hydrogen-bond donors (Lipinski definition) is 0. The molecule has 37 heavy (non-hydrogen) atoms. The molecule has 0 aliphatic carbocycles. The van der Waals surface area contributed by atoms with Gasteiger partial charge in [0.25, 0.3) is 0 Å². The average molecular weight is 495 g/mol. The van der Waals surface area contributed by atoms with Crippen LogP contribution in [0, 0.1) is 20.8 Å². The fourth-order valence-corrected chi connectivity index (χ4v) is 6.69. The third-order valence-corrected chi connectivity index (χ3v) is 8.38. The fraction of sp³-hybridized carbons (Fsp3) is 0.0882. The molecule has 0 N–H and O–H groups in total. The molecule has 0 saturated heterocycles. The maximum absolute atomic E-state index is 5.19. The molecular formula is C34H26N2S. The Labute approximate surface area is 220 Å². The minimum absolute atomic E-state index is 0.991. The van der Waals surface area contributed by atoms with Crippen LogP contribution in [0.3, 0.4) is 0 Å². The standard InChI is InChI=1S/C34H26N2S/c1-21-10-9-13-25-18-28-29(20-37-32(28)19-27(21)25)34-35-30-14-7-8-15-31(30)36(34)26-16-22(2)33(23(3)17-26)24-11-5-4-6-12-24/h4-20H,1-3H3. The zero-order chi connectivity index (χ0) is 25.1. The molecule has 5 aromatic carbocycles. The van der Waals surface area contributed by atoms with Gasteiger partial charge in [0, 0.05) is 26.7 Å². The molecule has 0 radical (unpaired) electrons. The maximum atomic E-state index is 5.19. The predicted octanol–water partition coefficient (Wildman–Crippen LogP) is 9.65. The summed E-state index contributed by atoms with van der Waals surface area (Å²) in [6, 6.07) is 35.0. The van der Waals surface area contributed by atoms with E-state index in [9.17, 15) is 0 Å². The smallest absolute Gasteiger partial charge is 0.147 e. The zero-order valence-electron chi connectivity index (χ0n) is 21.1. The number of rotatable bonds is 3. The summed E-state index contributed by atoms with van der Waals surface area (Å²) in [7, 11) is 0. The summed E-state index contributed by atoms with van der Waals surface area (Å²) in [5, 5.41) is 6.12. The number of benzene rings is 5. The first-order valence-corrected chi connectivity index (χ1v) is 13.5. The average Bonchev–Trinajstić information content (AvgIpc) is 3.49. The topological polar surface area (TPSA) is 17.8 Å². The van der Waals surface area contributed by atoms with Crippen LogP contribution in [0.15, 0.2) is 102 Å². The van der Waals surface area contributed by atoms with Gasteiger partial charge in [-0.2, -0.15) is 0 Å². The highest BCUT2D eigenvalue weighted by Crippen LogP contribution is 2.40. The Morgan fingerprint density at radius 1 is 0.676 bits per heavy atom. The van der Waals surface area contributed by atoms with E-state index < -0.39 is 0 Å². The lowest BCUT2D eigenvalue weighted by Gasteiger charge is -2.16. The van der Waals surface area contributed by atoms with Crippen molar-refractivity contribution < 1.29 is 0 Å². The Balaban J connectivity index is 1.49. The number of imidazole rings is 1. The number of para-hydroxylation sites is 2. The van der Waals surface area contributed by atoms with Crippen molar-refractivity contribution in [3.05, 3.63) is 119 Å². The van der Waals surface area contributed by atoms with Crippen molar-refractivity contribution in [2.45, 2.75) is 20.8 Å². The van der Waals surface area contributed by atoms with Crippen LogP contribution in [0.2, 0.25) is 0 Å². The second kappa shape index (κ2) is 8.43. The van der Waals surface area contributed by atoms with Crippen molar-refractivity contribution in [2.24, 2.45) is 0 Å². The van der Waals surface area contributed by atoms with Gasteiger partial charge in [-0.3, -0.25) is 4.57 Å². The zero-order valence-corrected chi connectivity index (χ0v) is 21.9. The van der Waals surface area contributed by atoms with Crippen molar-refractivity contribution in [3.8, 4) is 28.2 Å². The van der Waals surface area contributed by atoms with E-state index in [-0.39, 0.29) is 0 Å². The van der Waals surface area contributed by atoms with E-state index in [4.69, 9.17) is 4.98 Å². The lowest BCUT2D eigenvalue weighted by molar-refractivity contribution is 1.10. The molecule has 0 aliphatic heterocycles. The number of thiophene rings is 1. The second-order valence-electron chi connectivity index (χ2n) is 9.87. The number of aryl methyl sites for hydroxylation is 3. The van der Waals surface area contributed by atoms with E-state index in [0.717, 1.165) is 22.5 Å². The summed E-state index contributed by atoms with van der Waals surface area (Å²) in [6.45, 7) is 6.62. The highest BCUT2D eigenvalue weighted by atomic mass is 32.1. The molecule has 0 unspecified atom stereocenters. The minimum atomic E-state index is 0.991. The van der Waals surface area contributed by atoms with Crippen molar-refractivity contribution in [3.63, 3.8) is 0 Å². The summed E-state index contributed by atoms with van der Waals surface area (Å²) in [6.07, 6.45) is 0. The first-order chi connectivity index (χ1) is 18.1. The second-order valence-corrected chi connectivity index (χ2v) is 10.8. The van der Waals surface area contributed by atoms with Gasteiger partial charge in [0.05, 0.1) is 11.0 Å². The van der Waals surface area contributed by atoms with Crippen molar-refractivity contribution in [1.82, 2.24) is 9.55 Å². The number of fused-ring (bicyclic) bond motifs is 3. The lowest BCUT2D eigenvalue weighted by atomic mass is 9.95. The van der Waals surface area contributed by atoms with Crippen LogP contribution < -0.4 is 0 Å². The molecule has 0 amide bonds. The fourth-order valence-electron chi connectivity index (χ4n) is 5.73. The van der Waals surface area contributed by atoms with Gasteiger partial charge in [-0.15, -0.1) is 11.3 Å². The third-order valence-electron chi connectivity index (χ3n) is 7.43. The maximum Gasteiger partial charge on any atom is 0.147 e. The van der Waals surface area contributed by atoms with Gasteiger partial charge in [-0.25, -0.2) is 4.98 Å². The van der Waals surface area contributed by atoms with E-state index in [1.54, 1.807) is 11.3 Å². The first-order valence-electron chi connectivity index (χ1n) is 12.6. The largest absolute Gasteiger partial charge is 0.292 e. The predicted molar refractivity (Wildman–Crippen MR) is 159 cm³/mol. The monoisotopic (exact) mass is 494 g/mol. The van der Waals surface area contributed by atoms with E-state index in [2.05, 4.69) is 128 Å². The van der Waals surface area contributed by atoms with Gasteiger partial charge >= 0.3 is 0 Å². The SMILES string of the molecule is Cc1cc(-n2c(-c3csc4cc5c(C)cccc5cc34)nc3ccccc32)cc(C)c1-c1ccccc1. The highest BCUT2D eigenvalue weighted by molar-refractivity contribution is 7.17. The Kier molecular flexibility index (Phi) is 5.02. The molecule has 2 nitrogen and oxygen atoms in total. The van der Waals surface area contributed by atoms with Gasteiger partial charge in [-0.05, 0) is 95.8 Å². The lowest BCUT2D eigenvalue weighted by Crippen LogP contribution is -2.00. The summed E-state index contributed by atoms with van der Waals surface area (Å²) in [5.41, 5.74) is 10.9. The molecule has 0 fully saturated rings. The molecule has 2 heterocycles. The molecule has 7 rings (SSSR count). The Morgan fingerprint density at radius 2 is 1.43 bits per heavy atom. The van der Waals surface area contributed by atoms with Gasteiger partial charge in [0.1, 0.15) is 5.82 Å². The van der Waals surface area contributed by atoms with Gasteiger partial charge in [-0.1, -0.05) is 60.7 Å². The quantitative estimate of drug-likeness (QED) is 0.239. The number of hydrogen-bond acceptors (Lipinski definition) is 2. The van der Waals surface area contributed by atoms with Crippen LogP contribution >= 0.6 is 11.3 Å². The highest BCUT2D eigenvalue weighted by Gasteiger charge is 2.19. The van der Waals surface area contributed by atoms with E-state index >= 15 is 0 Å². The van der Waals surface area contributed by atoms with Crippen LogP contribution in [0.5, 0.6) is 0 Å².